The van der Waals surface area contributed by atoms with E-state index in [-0.39, 0.29) is 5.69 Å². The summed E-state index contributed by atoms with van der Waals surface area (Å²) >= 11 is 0. The Hall–Kier alpha value is -1.35. The number of nitrogens with one attached hydrogen (secondary N) is 1. The van der Waals surface area contributed by atoms with E-state index in [0.29, 0.717) is 5.56 Å². The standard InChI is InChI=1S/C10H12F4N2O2S/c1-6-2-3-8(7(15)4-6)19(17,18)16-5-10(13,14)9(11)12/h2-4,9,16H,5,15H2,1H3. The predicted octanol–water partition coefficient (Wildman–Crippen LogP) is 1.76. The predicted molar refractivity (Wildman–Crippen MR) is 61.7 cm³/mol. The fourth-order valence-electron chi connectivity index (χ4n) is 1.26. The molecule has 1 aromatic carbocycles. The molecule has 0 aliphatic carbocycles. The number of nitrogens with two attached hydrogens (primary N) is 1. The Morgan fingerprint density at radius 1 is 1.37 bits per heavy atom. The molecule has 0 amide bonds. The van der Waals surface area contributed by atoms with Gasteiger partial charge in [0, 0.05) is 0 Å². The molecule has 0 heterocycles. The molecular weight excluding hydrogens is 288 g/mol. The maximum atomic E-state index is 12.6. The summed E-state index contributed by atoms with van der Waals surface area (Å²) in [6.45, 7) is -0.0363. The number of hydrogen-bond acceptors (Lipinski definition) is 3. The van der Waals surface area contributed by atoms with E-state index in [1.807, 2.05) is 0 Å². The van der Waals surface area contributed by atoms with Crippen molar-refractivity contribution in [1.29, 1.82) is 0 Å². The number of alkyl halides is 4. The van der Waals surface area contributed by atoms with Gasteiger partial charge in [-0.15, -0.1) is 0 Å². The average Bonchev–Trinajstić information content (AvgIpc) is 2.26. The van der Waals surface area contributed by atoms with Gasteiger partial charge in [-0.3, -0.25) is 0 Å². The summed E-state index contributed by atoms with van der Waals surface area (Å²) in [6.07, 6.45) is -3.95. The average molecular weight is 300 g/mol. The van der Waals surface area contributed by atoms with E-state index in [1.165, 1.54) is 16.9 Å². The number of benzene rings is 1. The molecule has 1 rings (SSSR count). The first-order chi connectivity index (χ1) is 8.56. The zero-order valence-electron chi connectivity index (χ0n) is 9.83. The van der Waals surface area contributed by atoms with Gasteiger partial charge in [0.15, 0.2) is 0 Å². The summed E-state index contributed by atoms with van der Waals surface area (Å²) in [5.74, 6) is -4.44. The van der Waals surface area contributed by atoms with Crippen LogP contribution < -0.4 is 10.5 Å². The maximum Gasteiger partial charge on any atom is 0.320 e. The van der Waals surface area contributed by atoms with E-state index in [1.54, 1.807) is 6.92 Å². The van der Waals surface area contributed by atoms with Gasteiger partial charge in [0.2, 0.25) is 10.0 Å². The molecule has 19 heavy (non-hydrogen) atoms. The van der Waals surface area contributed by atoms with Crippen LogP contribution in [0, 0.1) is 6.92 Å². The Morgan fingerprint density at radius 2 is 1.95 bits per heavy atom. The van der Waals surface area contributed by atoms with Crippen molar-refractivity contribution in [2.24, 2.45) is 0 Å². The molecule has 0 saturated heterocycles. The van der Waals surface area contributed by atoms with E-state index in [4.69, 9.17) is 5.73 Å². The van der Waals surface area contributed by atoms with Gasteiger partial charge >= 0.3 is 12.3 Å². The molecule has 0 atom stereocenters. The molecule has 3 N–H and O–H groups in total. The third-order valence-electron chi connectivity index (χ3n) is 2.27. The molecule has 0 aliphatic heterocycles. The molecule has 0 bridgehead atoms. The second kappa shape index (κ2) is 5.33. The van der Waals surface area contributed by atoms with E-state index >= 15 is 0 Å². The minimum Gasteiger partial charge on any atom is -0.398 e. The zero-order valence-corrected chi connectivity index (χ0v) is 10.6. The largest absolute Gasteiger partial charge is 0.398 e. The monoisotopic (exact) mass is 300 g/mol. The van der Waals surface area contributed by atoms with E-state index in [9.17, 15) is 26.0 Å². The van der Waals surface area contributed by atoms with Crippen LogP contribution in [0.4, 0.5) is 23.2 Å². The molecule has 108 valence electrons. The maximum absolute atomic E-state index is 12.6. The minimum absolute atomic E-state index is 0.145. The molecular formula is C10H12F4N2O2S. The lowest BCUT2D eigenvalue weighted by Gasteiger charge is -2.16. The first kappa shape index (κ1) is 15.7. The van der Waals surface area contributed by atoms with Crippen LogP contribution in [-0.2, 0) is 10.0 Å². The summed E-state index contributed by atoms with van der Waals surface area (Å²) in [4.78, 5) is -0.428. The van der Waals surface area contributed by atoms with Crippen LogP contribution in [0.5, 0.6) is 0 Å². The highest BCUT2D eigenvalue weighted by atomic mass is 32.2. The highest BCUT2D eigenvalue weighted by Gasteiger charge is 2.41. The topological polar surface area (TPSA) is 72.2 Å². The van der Waals surface area contributed by atoms with Gasteiger partial charge in [-0.2, -0.15) is 8.78 Å². The Balaban J connectivity index is 2.94. The third kappa shape index (κ3) is 3.80. The lowest BCUT2D eigenvalue weighted by molar-refractivity contribution is -0.122. The number of sulfonamides is 1. The number of rotatable bonds is 5. The summed E-state index contributed by atoms with van der Waals surface area (Å²) < 4.78 is 73.9. The van der Waals surface area contributed by atoms with Crippen molar-refractivity contribution in [2.75, 3.05) is 12.3 Å². The van der Waals surface area contributed by atoms with Gasteiger partial charge in [0.05, 0.1) is 12.2 Å². The SMILES string of the molecule is Cc1ccc(S(=O)(=O)NCC(F)(F)C(F)F)c(N)c1. The summed E-state index contributed by atoms with van der Waals surface area (Å²) in [5, 5.41) is 0. The van der Waals surface area contributed by atoms with Crippen molar-refractivity contribution in [3.8, 4) is 0 Å². The number of halogens is 4. The van der Waals surface area contributed by atoms with Crippen molar-refractivity contribution in [1.82, 2.24) is 4.72 Å². The highest BCUT2D eigenvalue weighted by molar-refractivity contribution is 7.89. The molecule has 0 fully saturated rings. The number of aryl methyl sites for hydroxylation is 1. The third-order valence-corrected chi connectivity index (χ3v) is 3.75. The number of nitrogen functional groups attached to an aromatic ring is 1. The second-order valence-corrected chi connectivity index (χ2v) is 5.66. The van der Waals surface area contributed by atoms with E-state index in [2.05, 4.69) is 0 Å². The van der Waals surface area contributed by atoms with Crippen LogP contribution in [0.15, 0.2) is 23.1 Å². The molecule has 4 nitrogen and oxygen atoms in total. The van der Waals surface area contributed by atoms with Gasteiger partial charge in [0.1, 0.15) is 4.90 Å². The van der Waals surface area contributed by atoms with Gasteiger partial charge < -0.3 is 5.73 Å². The van der Waals surface area contributed by atoms with Crippen molar-refractivity contribution >= 4 is 15.7 Å². The van der Waals surface area contributed by atoms with Crippen LogP contribution in [0.2, 0.25) is 0 Å². The normalized spacial score (nSPS) is 12.9. The number of anilines is 1. The quantitative estimate of drug-likeness (QED) is 0.643. The van der Waals surface area contributed by atoms with Gasteiger partial charge in [-0.05, 0) is 24.6 Å². The molecule has 0 radical (unpaired) electrons. The van der Waals surface area contributed by atoms with Crippen molar-refractivity contribution in [2.45, 2.75) is 24.2 Å². The van der Waals surface area contributed by atoms with Crippen LogP contribution >= 0.6 is 0 Å². The number of hydrogen-bond donors (Lipinski definition) is 2. The molecule has 0 aromatic heterocycles. The summed E-state index contributed by atoms with van der Waals surface area (Å²) in [5.41, 5.74) is 5.98. The highest BCUT2D eigenvalue weighted by Crippen LogP contribution is 2.24. The molecule has 0 aliphatic rings. The molecule has 1 aromatic rings. The lowest BCUT2D eigenvalue weighted by Crippen LogP contribution is -2.41. The van der Waals surface area contributed by atoms with Crippen LogP contribution in [-0.4, -0.2) is 27.3 Å². The Labute approximate surface area is 107 Å². The molecule has 9 heteroatoms. The van der Waals surface area contributed by atoms with Crippen LogP contribution in [0.3, 0.4) is 0 Å². The summed E-state index contributed by atoms with van der Waals surface area (Å²) in [7, 11) is -4.36. The lowest BCUT2D eigenvalue weighted by atomic mass is 10.2. The van der Waals surface area contributed by atoms with Crippen molar-refractivity contribution in [3.05, 3.63) is 23.8 Å². The first-order valence-corrected chi connectivity index (χ1v) is 6.56. The van der Waals surface area contributed by atoms with Gasteiger partial charge in [-0.1, -0.05) is 6.07 Å². The zero-order chi connectivity index (χ0) is 14.8. The smallest absolute Gasteiger partial charge is 0.320 e. The Morgan fingerprint density at radius 3 is 2.42 bits per heavy atom. The van der Waals surface area contributed by atoms with E-state index in [0.717, 1.165) is 6.07 Å². The van der Waals surface area contributed by atoms with Crippen LogP contribution in [0.25, 0.3) is 0 Å². The fraction of sp³-hybridized carbons (Fsp3) is 0.400. The second-order valence-electron chi connectivity index (χ2n) is 3.93. The van der Waals surface area contributed by atoms with E-state index < -0.39 is 33.8 Å². The first-order valence-electron chi connectivity index (χ1n) is 5.08. The molecule has 0 spiro atoms. The Bertz CT molecular complexity index is 561. The molecule has 0 saturated carbocycles. The van der Waals surface area contributed by atoms with Gasteiger partial charge in [-0.25, -0.2) is 21.9 Å². The summed E-state index contributed by atoms with van der Waals surface area (Å²) in [6, 6.07) is 3.86. The Kier molecular flexibility index (Phi) is 4.41. The fourth-order valence-corrected chi connectivity index (χ4v) is 2.41. The van der Waals surface area contributed by atoms with Crippen LogP contribution in [0.1, 0.15) is 5.56 Å². The minimum atomic E-state index is -4.44. The van der Waals surface area contributed by atoms with Gasteiger partial charge in [0.25, 0.3) is 0 Å². The van der Waals surface area contributed by atoms with Crippen molar-refractivity contribution in [3.63, 3.8) is 0 Å². The van der Waals surface area contributed by atoms with Crippen molar-refractivity contribution < 1.29 is 26.0 Å². The molecule has 0 unspecified atom stereocenters.